The van der Waals surface area contributed by atoms with Crippen molar-refractivity contribution in [3.63, 3.8) is 0 Å². The van der Waals surface area contributed by atoms with Crippen LogP contribution in [0.1, 0.15) is 23.4 Å². The fraction of sp³-hybridized carbons (Fsp3) is 0.722. The number of carbonyl (C=O) groups excluding carboxylic acids is 1. The molecular formula is C18H32N4O5. The van der Waals surface area contributed by atoms with E-state index in [4.69, 9.17) is 14.6 Å². The lowest BCUT2D eigenvalue weighted by Crippen LogP contribution is -2.50. The van der Waals surface area contributed by atoms with Gasteiger partial charge in [-0.25, -0.2) is 0 Å². The van der Waals surface area contributed by atoms with Crippen LogP contribution in [-0.2, 0) is 27.9 Å². The van der Waals surface area contributed by atoms with Gasteiger partial charge >= 0.3 is 0 Å². The number of ether oxygens (including phenoxy) is 1. The van der Waals surface area contributed by atoms with Gasteiger partial charge in [-0.2, -0.15) is 5.10 Å². The van der Waals surface area contributed by atoms with Crippen molar-refractivity contribution in [1.29, 1.82) is 0 Å². The van der Waals surface area contributed by atoms with Crippen LogP contribution in [0.25, 0.3) is 0 Å². The zero-order chi connectivity index (χ0) is 20.6. The number of aromatic nitrogens is 2. The minimum Gasteiger partial charge on any atom is -0.483 e. The van der Waals surface area contributed by atoms with E-state index < -0.39 is 6.10 Å². The Morgan fingerprint density at radius 3 is 2.56 bits per heavy atom. The molecule has 9 nitrogen and oxygen atoms in total. The maximum Gasteiger partial charge on any atom is 0.290 e. The highest BCUT2D eigenvalue weighted by Crippen LogP contribution is 2.21. The summed E-state index contributed by atoms with van der Waals surface area (Å²) in [5.74, 6) is -0.383. The average Bonchev–Trinajstić information content (AvgIpc) is 2.86. The van der Waals surface area contributed by atoms with Gasteiger partial charge in [0.2, 0.25) is 5.91 Å². The summed E-state index contributed by atoms with van der Waals surface area (Å²) in [5, 5.41) is 21.6. The number of aliphatic hydroxyl groups is 1. The minimum absolute atomic E-state index is 0.00578. The van der Waals surface area contributed by atoms with Crippen molar-refractivity contribution >= 4 is 12.4 Å². The number of rotatable bonds is 6. The van der Waals surface area contributed by atoms with Crippen molar-refractivity contribution < 1.29 is 24.5 Å². The Labute approximate surface area is 160 Å². The van der Waals surface area contributed by atoms with E-state index in [1.807, 2.05) is 32.6 Å². The minimum atomic E-state index is -0.574. The van der Waals surface area contributed by atoms with E-state index >= 15 is 0 Å². The summed E-state index contributed by atoms with van der Waals surface area (Å²) in [6.07, 6.45) is 0.0607. The summed E-state index contributed by atoms with van der Waals surface area (Å²) in [5.41, 5.74) is 3.07. The molecule has 0 radical (unpaired) electrons. The molecule has 1 aliphatic rings. The van der Waals surface area contributed by atoms with Crippen LogP contribution in [0, 0.1) is 19.8 Å². The zero-order valence-electron chi connectivity index (χ0n) is 16.9. The third-order valence-electron chi connectivity index (χ3n) is 4.98. The standard InChI is InChI=1S/C17H30N4O3.CH2O2/c1-12-14(13(2)20(4)18-12)11-21(8-9-24-5)17(23)15-10-19(3)7-6-16(15)22;2-1-3/h15-16,22H,6-11H2,1-5H3;1H,(H,2,3)/t15-,16+;/m1./s1. The fourth-order valence-corrected chi connectivity index (χ4v) is 3.29. The maximum atomic E-state index is 13.1. The molecule has 0 spiro atoms. The van der Waals surface area contributed by atoms with Gasteiger partial charge in [0, 0.05) is 51.6 Å². The summed E-state index contributed by atoms with van der Waals surface area (Å²) in [7, 11) is 5.53. The van der Waals surface area contributed by atoms with E-state index in [1.54, 1.807) is 12.0 Å². The van der Waals surface area contributed by atoms with Gasteiger partial charge in [0.15, 0.2) is 0 Å². The second-order valence-corrected chi connectivity index (χ2v) is 6.86. The van der Waals surface area contributed by atoms with Crippen LogP contribution in [0.3, 0.4) is 0 Å². The molecule has 0 unspecified atom stereocenters. The molecule has 2 rings (SSSR count). The Morgan fingerprint density at radius 2 is 2.04 bits per heavy atom. The average molecular weight is 384 g/mol. The summed E-state index contributed by atoms with van der Waals surface area (Å²) < 4.78 is 7.01. The van der Waals surface area contributed by atoms with E-state index in [0.717, 1.165) is 23.5 Å². The van der Waals surface area contributed by atoms with Crippen molar-refractivity contribution in [1.82, 2.24) is 19.6 Å². The number of hydrogen-bond acceptors (Lipinski definition) is 6. The monoisotopic (exact) mass is 384 g/mol. The number of piperidine rings is 1. The van der Waals surface area contributed by atoms with Crippen LogP contribution < -0.4 is 0 Å². The molecule has 154 valence electrons. The topological polar surface area (TPSA) is 108 Å². The van der Waals surface area contributed by atoms with Crippen molar-refractivity contribution in [3.8, 4) is 0 Å². The summed E-state index contributed by atoms with van der Waals surface area (Å²) >= 11 is 0. The summed E-state index contributed by atoms with van der Waals surface area (Å²) in [6.45, 7) is 6.62. The molecule has 0 aromatic carbocycles. The lowest BCUT2D eigenvalue weighted by atomic mass is 9.93. The quantitative estimate of drug-likeness (QED) is 0.666. The van der Waals surface area contributed by atoms with Crippen LogP contribution in [0.5, 0.6) is 0 Å². The lowest BCUT2D eigenvalue weighted by Gasteiger charge is -2.36. The molecule has 1 fully saturated rings. The first-order valence-electron chi connectivity index (χ1n) is 8.98. The number of likely N-dealkylation sites (tertiary alicyclic amines) is 1. The predicted octanol–water partition coefficient (Wildman–Crippen LogP) is 0.0253. The molecule has 1 amide bonds. The van der Waals surface area contributed by atoms with E-state index in [1.165, 1.54) is 0 Å². The molecule has 0 saturated carbocycles. The molecule has 27 heavy (non-hydrogen) atoms. The molecule has 9 heteroatoms. The number of hydrogen-bond donors (Lipinski definition) is 2. The molecule has 0 aliphatic carbocycles. The highest BCUT2D eigenvalue weighted by atomic mass is 16.5. The third-order valence-corrected chi connectivity index (χ3v) is 4.98. The molecule has 1 aromatic heterocycles. The first-order chi connectivity index (χ1) is 12.8. The smallest absolute Gasteiger partial charge is 0.290 e. The van der Waals surface area contributed by atoms with E-state index in [9.17, 15) is 9.90 Å². The van der Waals surface area contributed by atoms with E-state index in [0.29, 0.717) is 32.7 Å². The Hall–Kier alpha value is -1.97. The highest BCUT2D eigenvalue weighted by molar-refractivity contribution is 5.80. The van der Waals surface area contributed by atoms with Crippen molar-refractivity contribution in [3.05, 3.63) is 17.0 Å². The first-order valence-corrected chi connectivity index (χ1v) is 8.98. The Balaban J connectivity index is 0.00000114. The normalized spacial score (nSPS) is 19.9. The van der Waals surface area contributed by atoms with Gasteiger partial charge in [0.25, 0.3) is 6.47 Å². The van der Waals surface area contributed by atoms with Gasteiger partial charge in [-0.1, -0.05) is 0 Å². The predicted molar refractivity (Wildman–Crippen MR) is 100 cm³/mol. The molecule has 2 atom stereocenters. The number of aryl methyl sites for hydroxylation is 2. The molecule has 1 aromatic rings. The van der Waals surface area contributed by atoms with Gasteiger partial charge in [0.1, 0.15) is 0 Å². The molecular weight excluding hydrogens is 352 g/mol. The van der Waals surface area contributed by atoms with Crippen molar-refractivity contribution in [2.45, 2.75) is 32.9 Å². The molecule has 1 aliphatic heterocycles. The Bertz CT molecular complexity index is 619. The van der Waals surface area contributed by atoms with Crippen molar-refractivity contribution in [2.24, 2.45) is 13.0 Å². The van der Waals surface area contributed by atoms with Gasteiger partial charge in [-0.05, 0) is 27.3 Å². The number of carbonyl (C=O) groups is 2. The largest absolute Gasteiger partial charge is 0.483 e. The number of aliphatic hydroxyl groups excluding tert-OH is 1. The second kappa shape index (κ2) is 11.0. The van der Waals surface area contributed by atoms with Gasteiger partial charge < -0.3 is 24.7 Å². The molecule has 1 saturated heterocycles. The zero-order valence-corrected chi connectivity index (χ0v) is 16.9. The van der Waals surface area contributed by atoms with Gasteiger partial charge in [-0.15, -0.1) is 0 Å². The second-order valence-electron chi connectivity index (χ2n) is 6.86. The number of methoxy groups -OCH3 is 1. The number of carboxylic acid groups (broad SMARTS) is 1. The molecule has 0 bridgehead atoms. The highest BCUT2D eigenvalue weighted by Gasteiger charge is 2.35. The van der Waals surface area contributed by atoms with E-state index in [2.05, 4.69) is 10.00 Å². The number of nitrogens with zero attached hydrogens (tertiary/aromatic N) is 4. The van der Waals surface area contributed by atoms with Crippen LogP contribution in [0.2, 0.25) is 0 Å². The van der Waals surface area contributed by atoms with Gasteiger partial charge in [-0.3, -0.25) is 14.3 Å². The Morgan fingerprint density at radius 1 is 1.41 bits per heavy atom. The van der Waals surface area contributed by atoms with Crippen molar-refractivity contribution in [2.75, 3.05) is 40.4 Å². The SMILES string of the molecule is COCCN(Cc1c(C)nn(C)c1C)C(=O)[C@@H]1CN(C)CC[C@@H]1O.O=CO. The van der Waals surface area contributed by atoms with Crippen LogP contribution in [0.15, 0.2) is 0 Å². The first kappa shape index (κ1) is 23.1. The maximum absolute atomic E-state index is 13.1. The molecule has 2 N–H and O–H groups in total. The third kappa shape index (κ3) is 6.30. The van der Waals surface area contributed by atoms with Crippen LogP contribution >= 0.6 is 0 Å². The van der Waals surface area contributed by atoms with E-state index in [-0.39, 0.29) is 18.3 Å². The summed E-state index contributed by atoms with van der Waals surface area (Å²) in [6, 6.07) is 0. The number of amides is 1. The lowest BCUT2D eigenvalue weighted by molar-refractivity contribution is -0.143. The Kier molecular flexibility index (Phi) is 9.40. The molecule has 2 heterocycles. The van der Waals surface area contributed by atoms with Crippen LogP contribution in [0.4, 0.5) is 0 Å². The van der Waals surface area contributed by atoms with Gasteiger partial charge in [0.05, 0.1) is 24.3 Å². The fourth-order valence-electron chi connectivity index (χ4n) is 3.29. The summed E-state index contributed by atoms with van der Waals surface area (Å²) in [4.78, 5) is 25.3. The van der Waals surface area contributed by atoms with Crippen LogP contribution in [-0.4, -0.2) is 88.7 Å².